The molecule has 2 amide bonds. The summed E-state index contributed by atoms with van der Waals surface area (Å²) in [6.07, 6.45) is 1.69. The lowest BCUT2D eigenvalue weighted by atomic mass is 10.3. The van der Waals surface area contributed by atoms with E-state index < -0.39 is 0 Å². The number of aromatic nitrogens is 1. The molecule has 0 spiro atoms. The maximum atomic E-state index is 12.6. The normalized spacial score (nSPS) is 10.1. The number of para-hydroxylation sites is 2. The van der Waals surface area contributed by atoms with Gasteiger partial charge in [0.25, 0.3) is 0 Å². The fourth-order valence-corrected chi connectivity index (χ4v) is 2.58. The lowest BCUT2D eigenvalue weighted by Gasteiger charge is -2.20. The van der Waals surface area contributed by atoms with Crippen LogP contribution < -0.4 is 10.2 Å². The van der Waals surface area contributed by atoms with Crippen LogP contribution in [0.15, 0.2) is 72.2 Å². The van der Waals surface area contributed by atoms with Gasteiger partial charge in [0.1, 0.15) is 0 Å². The van der Waals surface area contributed by atoms with Crippen molar-refractivity contribution in [2.45, 2.75) is 0 Å². The predicted molar refractivity (Wildman–Crippen MR) is 86.2 cm³/mol. The van der Waals surface area contributed by atoms with Gasteiger partial charge in [-0.25, -0.2) is 14.7 Å². The van der Waals surface area contributed by atoms with E-state index in [1.165, 1.54) is 11.3 Å². The number of nitrogens with one attached hydrogen (secondary N) is 1. The first-order valence-electron chi connectivity index (χ1n) is 6.45. The monoisotopic (exact) mass is 295 g/mol. The van der Waals surface area contributed by atoms with Gasteiger partial charge in [-0.1, -0.05) is 36.4 Å². The van der Waals surface area contributed by atoms with Crippen molar-refractivity contribution < 1.29 is 4.79 Å². The zero-order valence-corrected chi connectivity index (χ0v) is 12.0. The predicted octanol–water partition coefficient (Wildman–Crippen LogP) is 4.51. The van der Waals surface area contributed by atoms with Crippen molar-refractivity contribution in [1.82, 2.24) is 4.98 Å². The van der Waals surface area contributed by atoms with E-state index in [0.29, 0.717) is 5.13 Å². The van der Waals surface area contributed by atoms with Gasteiger partial charge >= 0.3 is 6.03 Å². The third-order valence-corrected chi connectivity index (χ3v) is 3.61. The standard InChI is InChI=1S/C16H13N3OS/c20-15(18-13-7-3-1-4-8-13)19(16-17-11-12-21-16)14-9-5-2-6-10-14/h1-12H,(H,18,20). The van der Waals surface area contributed by atoms with Crippen LogP contribution in [-0.4, -0.2) is 11.0 Å². The first-order valence-corrected chi connectivity index (χ1v) is 7.33. The summed E-state index contributed by atoms with van der Waals surface area (Å²) in [7, 11) is 0. The van der Waals surface area contributed by atoms with E-state index in [2.05, 4.69) is 10.3 Å². The van der Waals surface area contributed by atoms with Crippen molar-refractivity contribution in [3.05, 3.63) is 72.2 Å². The van der Waals surface area contributed by atoms with Gasteiger partial charge in [0.05, 0.1) is 5.69 Å². The molecular formula is C16H13N3OS. The molecule has 3 aromatic rings. The molecule has 1 aromatic heterocycles. The molecule has 4 nitrogen and oxygen atoms in total. The summed E-state index contributed by atoms with van der Waals surface area (Å²) in [4.78, 5) is 18.4. The molecule has 21 heavy (non-hydrogen) atoms. The molecule has 1 heterocycles. The van der Waals surface area contributed by atoms with Crippen molar-refractivity contribution >= 4 is 33.9 Å². The van der Waals surface area contributed by atoms with Crippen LogP contribution >= 0.6 is 11.3 Å². The molecule has 0 saturated carbocycles. The highest BCUT2D eigenvalue weighted by Gasteiger charge is 2.20. The maximum absolute atomic E-state index is 12.6. The highest BCUT2D eigenvalue weighted by Crippen LogP contribution is 2.27. The lowest BCUT2D eigenvalue weighted by molar-refractivity contribution is 0.259. The molecule has 2 aromatic carbocycles. The van der Waals surface area contributed by atoms with Crippen LogP contribution in [0.25, 0.3) is 0 Å². The van der Waals surface area contributed by atoms with E-state index in [-0.39, 0.29) is 6.03 Å². The van der Waals surface area contributed by atoms with E-state index in [0.717, 1.165) is 11.4 Å². The molecule has 0 aliphatic carbocycles. The van der Waals surface area contributed by atoms with Crippen LogP contribution in [0.4, 0.5) is 21.3 Å². The molecular weight excluding hydrogens is 282 g/mol. The van der Waals surface area contributed by atoms with Gasteiger partial charge in [-0.2, -0.15) is 0 Å². The van der Waals surface area contributed by atoms with Gasteiger partial charge in [-0.3, -0.25) is 0 Å². The van der Waals surface area contributed by atoms with E-state index in [1.54, 1.807) is 11.1 Å². The number of carbonyl (C=O) groups excluding carboxylic acids is 1. The molecule has 0 bridgehead atoms. The third-order valence-electron chi connectivity index (χ3n) is 2.85. The highest BCUT2D eigenvalue weighted by atomic mass is 32.1. The largest absolute Gasteiger partial charge is 0.332 e. The van der Waals surface area contributed by atoms with E-state index in [4.69, 9.17) is 0 Å². The average Bonchev–Trinajstić information content (AvgIpc) is 3.03. The number of thiazole rings is 1. The maximum Gasteiger partial charge on any atom is 0.332 e. The third kappa shape index (κ3) is 3.09. The molecule has 104 valence electrons. The zero-order valence-electron chi connectivity index (χ0n) is 11.1. The van der Waals surface area contributed by atoms with Gasteiger partial charge in [0.15, 0.2) is 5.13 Å². The Morgan fingerprint density at radius 3 is 2.29 bits per heavy atom. The van der Waals surface area contributed by atoms with E-state index in [9.17, 15) is 4.79 Å². The Bertz CT molecular complexity index is 699. The second-order valence-electron chi connectivity index (χ2n) is 4.28. The highest BCUT2D eigenvalue weighted by molar-refractivity contribution is 7.13. The first kappa shape index (κ1) is 13.3. The Morgan fingerprint density at radius 2 is 1.67 bits per heavy atom. The van der Waals surface area contributed by atoms with E-state index in [1.807, 2.05) is 66.0 Å². The van der Waals surface area contributed by atoms with Gasteiger partial charge < -0.3 is 5.32 Å². The summed E-state index contributed by atoms with van der Waals surface area (Å²) in [5.41, 5.74) is 1.53. The zero-order chi connectivity index (χ0) is 14.5. The van der Waals surface area contributed by atoms with Crippen molar-refractivity contribution in [2.24, 2.45) is 0 Å². The Labute approximate surface area is 126 Å². The SMILES string of the molecule is O=C(Nc1ccccc1)N(c1ccccc1)c1nccs1. The average molecular weight is 295 g/mol. The summed E-state index contributed by atoms with van der Waals surface area (Å²) < 4.78 is 0. The van der Waals surface area contributed by atoms with Crippen LogP contribution in [0.5, 0.6) is 0 Å². The summed E-state index contributed by atoms with van der Waals surface area (Å²) >= 11 is 1.42. The Morgan fingerprint density at radius 1 is 1.00 bits per heavy atom. The number of carbonyl (C=O) groups is 1. The number of urea groups is 1. The van der Waals surface area contributed by atoms with Crippen LogP contribution in [0, 0.1) is 0 Å². The summed E-state index contributed by atoms with van der Waals surface area (Å²) in [6, 6.07) is 18.6. The van der Waals surface area contributed by atoms with Crippen molar-refractivity contribution in [3.8, 4) is 0 Å². The molecule has 0 saturated heterocycles. The number of benzene rings is 2. The number of rotatable bonds is 3. The van der Waals surface area contributed by atoms with Crippen LogP contribution in [-0.2, 0) is 0 Å². The Kier molecular flexibility index (Phi) is 3.93. The molecule has 5 heteroatoms. The summed E-state index contributed by atoms with van der Waals surface area (Å²) in [6.45, 7) is 0. The number of nitrogens with zero attached hydrogens (tertiary/aromatic N) is 2. The van der Waals surface area contributed by atoms with Gasteiger partial charge in [0.2, 0.25) is 0 Å². The number of amides is 2. The van der Waals surface area contributed by atoms with Gasteiger partial charge in [-0.05, 0) is 24.3 Å². The number of hydrogen-bond donors (Lipinski definition) is 1. The van der Waals surface area contributed by atoms with Crippen LogP contribution in [0.1, 0.15) is 0 Å². The first-order chi connectivity index (χ1) is 10.3. The summed E-state index contributed by atoms with van der Waals surface area (Å²) in [5, 5.41) is 5.36. The minimum atomic E-state index is -0.234. The molecule has 0 aliphatic heterocycles. The second kappa shape index (κ2) is 6.19. The smallest absolute Gasteiger partial charge is 0.307 e. The van der Waals surface area contributed by atoms with E-state index >= 15 is 0 Å². The van der Waals surface area contributed by atoms with Crippen molar-refractivity contribution in [2.75, 3.05) is 10.2 Å². The lowest BCUT2D eigenvalue weighted by Crippen LogP contribution is -2.30. The van der Waals surface area contributed by atoms with Crippen molar-refractivity contribution in [1.29, 1.82) is 0 Å². The summed E-state index contributed by atoms with van der Waals surface area (Å²) in [5.74, 6) is 0. The number of hydrogen-bond acceptors (Lipinski definition) is 3. The Balaban J connectivity index is 1.91. The minimum absolute atomic E-state index is 0.234. The molecule has 0 unspecified atom stereocenters. The molecule has 0 atom stereocenters. The molecule has 3 rings (SSSR count). The quantitative estimate of drug-likeness (QED) is 0.772. The second-order valence-corrected chi connectivity index (χ2v) is 5.15. The molecule has 0 fully saturated rings. The molecule has 0 radical (unpaired) electrons. The van der Waals surface area contributed by atoms with Crippen LogP contribution in [0.2, 0.25) is 0 Å². The van der Waals surface area contributed by atoms with Gasteiger partial charge in [-0.15, -0.1) is 11.3 Å². The number of anilines is 3. The van der Waals surface area contributed by atoms with Crippen molar-refractivity contribution in [3.63, 3.8) is 0 Å². The molecule has 1 N–H and O–H groups in total. The topological polar surface area (TPSA) is 45.2 Å². The van der Waals surface area contributed by atoms with Gasteiger partial charge in [0, 0.05) is 17.3 Å². The van der Waals surface area contributed by atoms with Crippen LogP contribution in [0.3, 0.4) is 0 Å². The Hall–Kier alpha value is -2.66. The molecule has 0 aliphatic rings. The fraction of sp³-hybridized carbons (Fsp3) is 0. The fourth-order valence-electron chi connectivity index (χ4n) is 1.92. The minimum Gasteiger partial charge on any atom is -0.307 e.